The number of aliphatic hydroxyl groups excluding tert-OH is 1. The second kappa shape index (κ2) is 8.26. The average molecular weight is 313 g/mol. The number of ether oxygens (including phenoxy) is 1. The van der Waals surface area contributed by atoms with Gasteiger partial charge < -0.3 is 15.2 Å². The van der Waals surface area contributed by atoms with Crippen LogP contribution >= 0.6 is 0 Å². The van der Waals surface area contributed by atoms with E-state index in [1.54, 1.807) is 0 Å². The van der Waals surface area contributed by atoms with Gasteiger partial charge >= 0.3 is 6.18 Å². The van der Waals surface area contributed by atoms with E-state index in [9.17, 15) is 27.1 Å². The summed E-state index contributed by atoms with van der Waals surface area (Å²) in [4.78, 5) is 0. The van der Waals surface area contributed by atoms with Crippen LogP contribution in [0.15, 0.2) is 24.3 Å². The number of alkyl halides is 5. The summed E-state index contributed by atoms with van der Waals surface area (Å²) in [6.45, 7) is -0.249. The summed E-state index contributed by atoms with van der Waals surface area (Å²) in [5.74, 6) is 0. The number of halogens is 5. The van der Waals surface area contributed by atoms with Gasteiger partial charge in [0.05, 0.1) is 18.3 Å². The van der Waals surface area contributed by atoms with E-state index in [-0.39, 0.29) is 19.7 Å². The maximum Gasteiger partial charge on any atom is 0.416 e. The van der Waals surface area contributed by atoms with Crippen molar-refractivity contribution in [2.24, 2.45) is 0 Å². The Morgan fingerprint density at radius 2 is 1.76 bits per heavy atom. The Morgan fingerprint density at radius 3 is 2.29 bits per heavy atom. The fraction of sp³-hybridized carbons (Fsp3) is 0.538. The van der Waals surface area contributed by atoms with Crippen LogP contribution in [0.1, 0.15) is 17.2 Å². The van der Waals surface area contributed by atoms with E-state index >= 15 is 0 Å². The summed E-state index contributed by atoms with van der Waals surface area (Å²) in [6.07, 6.45) is -7.92. The van der Waals surface area contributed by atoms with Gasteiger partial charge in [0.1, 0.15) is 6.61 Å². The molecule has 1 aromatic carbocycles. The van der Waals surface area contributed by atoms with Crippen molar-refractivity contribution < 1.29 is 31.8 Å². The Bertz CT molecular complexity index is 408. The summed E-state index contributed by atoms with van der Waals surface area (Å²) >= 11 is 0. The second-order valence-corrected chi connectivity index (χ2v) is 4.31. The van der Waals surface area contributed by atoms with Crippen LogP contribution in [0.25, 0.3) is 0 Å². The van der Waals surface area contributed by atoms with Gasteiger partial charge in [-0.05, 0) is 17.7 Å². The van der Waals surface area contributed by atoms with Gasteiger partial charge in [0, 0.05) is 13.1 Å². The summed E-state index contributed by atoms with van der Waals surface area (Å²) in [5, 5.41) is 12.5. The molecule has 21 heavy (non-hydrogen) atoms. The number of benzene rings is 1. The van der Waals surface area contributed by atoms with Crippen LogP contribution in [0.3, 0.4) is 0 Å². The van der Waals surface area contributed by atoms with Gasteiger partial charge in [-0.3, -0.25) is 0 Å². The molecule has 1 rings (SSSR count). The molecule has 0 spiro atoms. The maximum absolute atomic E-state index is 12.4. The first-order chi connectivity index (χ1) is 9.80. The van der Waals surface area contributed by atoms with E-state index in [4.69, 9.17) is 0 Å². The lowest BCUT2D eigenvalue weighted by Gasteiger charge is -2.13. The molecule has 0 aromatic heterocycles. The fourth-order valence-corrected chi connectivity index (χ4v) is 1.57. The highest BCUT2D eigenvalue weighted by atomic mass is 19.4. The summed E-state index contributed by atoms with van der Waals surface area (Å²) in [6, 6.07) is 4.18. The molecule has 1 aromatic rings. The normalized spacial score (nSPS) is 13.7. The highest BCUT2D eigenvalue weighted by Crippen LogP contribution is 2.29. The summed E-state index contributed by atoms with van der Waals surface area (Å²) in [5.41, 5.74) is -0.448. The highest BCUT2D eigenvalue weighted by molar-refractivity contribution is 5.26. The molecular weight excluding hydrogens is 297 g/mol. The van der Waals surface area contributed by atoms with Crippen LogP contribution in [-0.2, 0) is 10.9 Å². The summed E-state index contributed by atoms with van der Waals surface area (Å²) < 4.78 is 65.2. The lowest BCUT2D eigenvalue weighted by molar-refractivity contribution is -0.137. The van der Waals surface area contributed by atoms with Crippen LogP contribution in [-0.4, -0.2) is 37.8 Å². The third-order valence-electron chi connectivity index (χ3n) is 2.63. The molecule has 0 saturated heterocycles. The van der Waals surface area contributed by atoms with Gasteiger partial charge in [0.25, 0.3) is 6.43 Å². The maximum atomic E-state index is 12.4. The molecule has 0 heterocycles. The molecule has 0 radical (unpaired) electrons. The lowest BCUT2D eigenvalue weighted by atomic mass is 10.1. The van der Waals surface area contributed by atoms with Gasteiger partial charge in [-0.1, -0.05) is 12.1 Å². The van der Waals surface area contributed by atoms with Gasteiger partial charge in [0.15, 0.2) is 0 Å². The van der Waals surface area contributed by atoms with E-state index in [0.29, 0.717) is 5.56 Å². The Kier molecular flexibility index (Phi) is 7.00. The number of hydrogen-bond donors (Lipinski definition) is 2. The summed E-state index contributed by atoms with van der Waals surface area (Å²) in [7, 11) is 0. The zero-order chi connectivity index (χ0) is 15.9. The predicted molar refractivity (Wildman–Crippen MR) is 66.1 cm³/mol. The van der Waals surface area contributed by atoms with Crippen molar-refractivity contribution in [1.82, 2.24) is 5.32 Å². The molecule has 8 heteroatoms. The molecule has 0 amide bonds. The molecule has 0 fully saturated rings. The van der Waals surface area contributed by atoms with Gasteiger partial charge in [-0.15, -0.1) is 0 Å². The van der Waals surface area contributed by atoms with E-state index < -0.39 is 30.9 Å². The predicted octanol–water partition coefficient (Wildman–Crippen LogP) is 2.61. The molecule has 2 N–H and O–H groups in total. The standard InChI is InChI=1S/C13H16F5NO2/c14-12(15)8-21-6-5-19-7-11(20)9-1-3-10(4-2-9)13(16,17)18/h1-4,11-12,19-20H,5-8H2. The molecule has 0 aliphatic carbocycles. The molecule has 3 nitrogen and oxygen atoms in total. The molecule has 1 atom stereocenters. The molecule has 1 unspecified atom stereocenters. The Labute approximate surface area is 118 Å². The highest BCUT2D eigenvalue weighted by Gasteiger charge is 2.30. The quantitative estimate of drug-likeness (QED) is 0.573. The molecule has 0 aliphatic heterocycles. The molecule has 0 saturated carbocycles. The van der Waals surface area contributed by atoms with Crippen molar-refractivity contribution in [3.05, 3.63) is 35.4 Å². The van der Waals surface area contributed by atoms with Crippen LogP contribution in [0.5, 0.6) is 0 Å². The monoisotopic (exact) mass is 313 g/mol. The zero-order valence-corrected chi connectivity index (χ0v) is 11.0. The zero-order valence-electron chi connectivity index (χ0n) is 11.0. The number of hydrogen-bond acceptors (Lipinski definition) is 3. The smallest absolute Gasteiger partial charge is 0.387 e. The number of aliphatic hydroxyl groups is 1. The third-order valence-corrected chi connectivity index (χ3v) is 2.63. The largest absolute Gasteiger partial charge is 0.416 e. The SMILES string of the molecule is OC(CNCCOCC(F)F)c1ccc(C(F)(F)F)cc1. The van der Waals surface area contributed by atoms with E-state index in [2.05, 4.69) is 10.1 Å². The van der Waals surface area contributed by atoms with E-state index in [1.807, 2.05) is 0 Å². The van der Waals surface area contributed by atoms with Crippen LogP contribution in [0.4, 0.5) is 22.0 Å². The first kappa shape index (κ1) is 17.8. The second-order valence-electron chi connectivity index (χ2n) is 4.31. The van der Waals surface area contributed by atoms with Crippen molar-refractivity contribution in [2.75, 3.05) is 26.3 Å². The third kappa shape index (κ3) is 6.83. The molecule has 0 aliphatic rings. The van der Waals surface area contributed by atoms with Crippen molar-refractivity contribution in [3.8, 4) is 0 Å². The van der Waals surface area contributed by atoms with Gasteiger partial charge in [0.2, 0.25) is 0 Å². The van der Waals surface area contributed by atoms with E-state index in [0.717, 1.165) is 12.1 Å². The first-order valence-corrected chi connectivity index (χ1v) is 6.22. The number of rotatable bonds is 8. The Morgan fingerprint density at radius 1 is 1.14 bits per heavy atom. The van der Waals surface area contributed by atoms with Crippen LogP contribution < -0.4 is 5.32 Å². The van der Waals surface area contributed by atoms with Gasteiger partial charge in [-0.2, -0.15) is 13.2 Å². The Hall–Kier alpha value is -1.25. The van der Waals surface area contributed by atoms with Crippen molar-refractivity contribution in [2.45, 2.75) is 18.7 Å². The Balaban J connectivity index is 2.30. The van der Waals surface area contributed by atoms with Crippen molar-refractivity contribution in [3.63, 3.8) is 0 Å². The number of nitrogens with one attached hydrogen (secondary N) is 1. The van der Waals surface area contributed by atoms with Crippen LogP contribution in [0, 0.1) is 0 Å². The minimum atomic E-state index is -4.41. The minimum Gasteiger partial charge on any atom is -0.387 e. The van der Waals surface area contributed by atoms with Gasteiger partial charge in [-0.25, -0.2) is 8.78 Å². The molecular formula is C13H16F5NO2. The van der Waals surface area contributed by atoms with Crippen LogP contribution in [0.2, 0.25) is 0 Å². The molecule has 0 bridgehead atoms. The fourth-order valence-electron chi connectivity index (χ4n) is 1.57. The minimum absolute atomic E-state index is 0.0596. The van der Waals surface area contributed by atoms with Crippen molar-refractivity contribution >= 4 is 0 Å². The first-order valence-electron chi connectivity index (χ1n) is 6.22. The average Bonchev–Trinajstić information content (AvgIpc) is 2.41. The van der Waals surface area contributed by atoms with Crippen molar-refractivity contribution in [1.29, 1.82) is 0 Å². The topological polar surface area (TPSA) is 41.5 Å². The lowest BCUT2D eigenvalue weighted by Crippen LogP contribution is -2.26. The van der Waals surface area contributed by atoms with E-state index in [1.165, 1.54) is 12.1 Å². The molecule has 120 valence electrons.